The smallest absolute Gasteiger partial charge is 0.254 e. The predicted octanol–water partition coefficient (Wildman–Crippen LogP) is 0.569. The van der Waals surface area contributed by atoms with Crippen molar-refractivity contribution in [1.82, 2.24) is 9.62 Å². The van der Waals surface area contributed by atoms with Gasteiger partial charge in [-0.1, -0.05) is 0 Å². The lowest BCUT2D eigenvalue weighted by Crippen LogP contribution is -2.49. The van der Waals surface area contributed by atoms with Crippen LogP contribution < -0.4 is 14.2 Å². The normalized spacial score (nSPS) is 21.0. The Morgan fingerprint density at radius 2 is 2.09 bits per heavy atom. The number of ether oxygens (including phenoxy) is 2. The maximum Gasteiger partial charge on any atom is 0.254 e. The van der Waals surface area contributed by atoms with Crippen molar-refractivity contribution in [3.63, 3.8) is 0 Å². The Labute approximate surface area is 129 Å². The van der Waals surface area contributed by atoms with Gasteiger partial charge >= 0.3 is 0 Å². The molecule has 0 aliphatic carbocycles. The largest absolute Gasteiger partial charge is 0.454 e. The Morgan fingerprint density at radius 1 is 1.32 bits per heavy atom. The molecule has 3 rings (SSSR count). The molecule has 0 radical (unpaired) electrons. The number of carbonyl (C=O) groups excluding carboxylic acids is 1. The van der Waals surface area contributed by atoms with Crippen LogP contribution >= 0.6 is 0 Å². The first-order valence-corrected chi connectivity index (χ1v) is 8.98. The van der Waals surface area contributed by atoms with E-state index >= 15 is 0 Å². The van der Waals surface area contributed by atoms with Crippen LogP contribution in [0.15, 0.2) is 18.2 Å². The second kappa shape index (κ2) is 5.77. The third-order valence-electron chi connectivity index (χ3n) is 3.71. The van der Waals surface area contributed by atoms with Gasteiger partial charge in [0.1, 0.15) is 0 Å². The molecule has 1 amide bonds. The predicted molar refractivity (Wildman–Crippen MR) is 79.5 cm³/mol. The molecule has 1 aromatic carbocycles. The molecular weight excluding hydrogens is 308 g/mol. The van der Waals surface area contributed by atoms with Crippen molar-refractivity contribution >= 4 is 15.9 Å². The zero-order valence-electron chi connectivity index (χ0n) is 12.2. The van der Waals surface area contributed by atoms with Gasteiger partial charge in [-0.25, -0.2) is 13.1 Å². The van der Waals surface area contributed by atoms with Crippen LogP contribution in [-0.2, 0) is 10.0 Å². The van der Waals surface area contributed by atoms with Gasteiger partial charge in [-0.15, -0.1) is 0 Å². The number of likely N-dealkylation sites (tertiary alicyclic amines) is 1. The fourth-order valence-electron chi connectivity index (χ4n) is 2.77. The molecule has 1 saturated heterocycles. The molecule has 1 N–H and O–H groups in total. The van der Waals surface area contributed by atoms with Crippen molar-refractivity contribution in [2.75, 3.05) is 26.1 Å². The summed E-state index contributed by atoms with van der Waals surface area (Å²) in [4.78, 5) is 14.2. The van der Waals surface area contributed by atoms with Crippen molar-refractivity contribution in [3.05, 3.63) is 23.8 Å². The van der Waals surface area contributed by atoms with Crippen molar-refractivity contribution in [1.29, 1.82) is 0 Å². The molecule has 22 heavy (non-hydrogen) atoms. The van der Waals surface area contributed by atoms with Gasteiger partial charge in [0.05, 0.1) is 6.26 Å². The summed E-state index contributed by atoms with van der Waals surface area (Å²) in [5.74, 6) is 1.07. The molecule has 7 nitrogen and oxygen atoms in total. The number of nitrogens with one attached hydrogen (secondary N) is 1. The van der Waals surface area contributed by atoms with E-state index < -0.39 is 10.0 Å². The molecule has 1 aromatic rings. The minimum absolute atomic E-state index is 0.127. The summed E-state index contributed by atoms with van der Waals surface area (Å²) >= 11 is 0. The van der Waals surface area contributed by atoms with Crippen LogP contribution in [0.1, 0.15) is 23.2 Å². The van der Waals surface area contributed by atoms with E-state index in [1.165, 1.54) is 0 Å². The minimum Gasteiger partial charge on any atom is -0.454 e. The third kappa shape index (κ3) is 3.33. The van der Waals surface area contributed by atoms with Crippen LogP contribution in [-0.4, -0.2) is 51.4 Å². The maximum absolute atomic E-state index is 12.6. The van der Waals surface area contributed by atoms with E-state index in [-0.39, 0.29) is 18.7 Å². The van der Waals surface area contributed by atoms with Gasteiger partial charge in [0.15, 0.2) is 11.5 Å². The van der Waals surface area contributed by atoms with E-state index in [4.69, 9.17) is 9.47 Å². The number of fused-ring (bicyclic) bond motifs is 1. The molecule has 1 unspecified atom stereocenters. The highest BCUT2D eigenvalue weighted by Gasteiger charge is 2.27. The molecule has 120 valence electrons. The van der Waals surface area contributed by atoms with E-state index in [1.807, 2.05) is 0 Å². The maximum atomic E-state index is 12.6. The fourth-order valence-corrected chi connectivity index (χ4v) is 3.57. The Hall–Kier alpha value is -1.80. The van der Waals surface area contributed by atoms with Crippen molar-refractivity contribution in [3.8, 4) is 11.5 Å². The number of amides is 1. The van der Waals surface area contributed by atoms with E-state index in [1.54, 1.807) is 23.1 Å². The van der Waals surface area contributed by atoms with E-state index in [9.17, 15) is 13.2 Å². The zero-order valence-corrected chi connectivity index (χ0v) is 13.1. The van der Waals surface area contributed by atoms with Gasteiger partial charge in [-0.2, -0.15) is 0 Å². The van der Waals surface area contributed by atoms with Gasteiger partial charge in [0.25, 0.3) is 5.91 Å². The highest BCUT2D eigenvalue weighted by Crippen LogP contribution is 2.33. The highest BCUT2D eigenvalue weighted by molar-refractivity contribution is 7.88. The number of rotatable bonds is 3. The highest BCUT2D eigenvalue weighted by atomic mass is 32.2. The number of piperidine rings is 1. The van der Waals surface area contributed by atoms with Gasteiger partial charge in [0.2, 0.25) is 16.8 Å². The molecule has 2 aliphatic heterocycles. The number of hydrogen-bond donors (Lipinski definition) is 1. The minimum atomic E-state index is -3.27. The summed E-state index contributed by atoms with van der Waals surface area (Å²) in [6.07, 6.45) is 2.63. The van der Waals surface area contributed by atoms with Crippen LogP contribution in [0.5, 0.6) is 11.5 Å². The number of nitrogens with zero attached hydrogens (tertiary/aromatic N) is 1. The second-order valence-electron chi connectivity index (χ2n) is 5.55. The first kappa shape index (κ1) is 15.1. The molecule has 8 heteroatoms. The van der Waals surface area contributed by atoms with Gasteiger partial charge in [-0.05, 0) is 31.0 Å². The first-order chi connectivity index (χ1) is 10.4. The van der Waals surface area contributed by atoms with E-state index in [2.05, 4.69) is 4.72 Å². The summed E-state index contributed by atoms with van der Waals surface area (Å²) in [6, 6.07) is 4.84. The number of benzene rings is 1. The fraction of sp³-hybridized carbons (Fsp3) is 0.500. The van der Waals surface area contributed by atoms with E-state index in [0.717, 1.165) is 19.1 Å². The zero-order chi connectivity index (χ0) is 15.7. The molecule has 0 saturated carbocycles. The summed E-state index contributed by atoms with van der Waals surface area (Å²) in [5, 5.41) is 0. The van der Waals surface area contributed by atoms with Crippen LogP contribution in [0.3, 0.4) is 0 Å². The van der Waals surface area contributed by atoms with Gasteiger partial charge < -0.3 is 14.4 Å². The van der Waals surface area contributed by atoms with Crippen LogP contribution in [0.4, 0.5) is 0 Å². The second-order valence-corrected chi connectivity index (χ2v) is 7.33. The molecule has 0 aromatic heterocycles. The van der Waals surface area contributed by atoms with Crippen LogP contribution in [0, 0.1) is 0 Å². The quantitative estimate of drug-likeness (QED) is 0.878. The lowest BCUT2D eigenvalue weighted by molar-refractivity contribution is 0.0702. The number of carbonyl (C=O) groups is 1. The average molecular weight is 326 g/mol. The molecule has 1 fully saturated rings. The van der Waals surface area contributed by atoms with Gasteiger partial charge in [0, 0.05) is 24.7 Å². The number of hydrogen-bond acceptors (Lipinski definition) is 5. The molecule has 0 spiro atoms. The monoisotopic (exact) mass is 326 g/mol. The summed E-state index contributed by atoms with van der Waals surface area (Å²) in [6.45, 7) is 1.16. The molecule has 2 aliphatic rings. The molecular formula is C14H18N2O5S. The summed E-state index contributed by atoms with van der Waals surface area (Å²) in [5.41, 5.74) is 0.518. The topological polar surface area (TPSA) is 84.9 Å². The SMILES string of the molecule is CS(=O)(=O)NC1CCCN(C(=O)c2ccc3c(c2)OCO3)C1. The van der Waals surface area contributed by atoms with Crippen molar-refractivity contribution < 1.29 is 22.7 Å². The van der Waals surface area contributed by atoms with Gasteiger partial charge in [-0.3, -0.25) is 4.79 Å². The van der Waals surface area contributed by atoms with Crippen molar-refractivity contribution in [2.45, 2.75) is 18.9 Å². The van der Waals surface area contributed by atoms with E-state index in [0.29, 0.717) is 30.2 Å². The lowest BCUT2D eigenvalue weighted by atomic mass is 10.1. The average Bonchev–Trinajstić information content (AvgIpc) is 2.92. The van der Waals surface area contributed by atoms with Crippen LogP contribution in [0.25, 0.3) is 0 Å². The Bertz CT molecular complexity index is 688. The molecule has 0 bridgehead atoms. The summed E-state index contributed by atoms with van der Waals surface area (Å²) in [7, 11) is -3.27. The summed E-state index contributed by atoms with van der Waals surface area (Å²) < 4.78 is 35.7. The third-order valence-corrected chi connectivity index (χ3v) is 4.47. The van der Waals surface area contributed by atoms with Crippen molar-refractivity contribution in [2.24, 2.45) is 0 Å². The Balaban J connectivity index is 1.71. The van der Waals surface area contributed by atoms with Crippen LogP contribution in [0.2, 0.25) is 0 Å². The first-order valence-electron chi connectivity index (χ1n) is 7.08. The lowest BCUT2D eigenvalue weighted by Gasteiger charge is -2.32. The standard InChI is InChI=1S/C14H18N2O5S/c1-22(18,19)15-11-3-2-6-16(8-11)14(17)10-4-5-12-13(7-10)21-9-20-12/h4-5,7,11,15H,2-3,6,8-9H2,1H3. The molecule has 2 heterocycles. The Morgan fingerprint density at radius 3 is 2.86 bits per heavy atom. The Kier molecular flexibility index (Phi) is 3.96. The molecule has 1 atom stereocenters. The number of sulfonamides is 1.